The number of nitrogens with one attached hydrogen (secondary N) is 1. The topological polar surface area (TPSA) is 62.1 Å². The van der Waals surface area contributed by atoms with E-state index < -0.39 is 6.17 Å². The Bertz CT molecular complexity index is 920. The third-order valence-electron chi connectivity index (χ3n) is 3.98. The molecule has 0 bridgehead atoms. The van der Waals surface area contributed by atoms with Crippen LogP contribution in [0, 0.1) is 0 Å². The molecule has 1 fully saturated rings. The van der Waals surface area contributed by atoms with Gasteiger partial charge >= 0.3 is 0 Å². The largest absolute Gasteiger partial charge is 0.449 e. The second-order valence-electron chi connectivity index (χ2n) is 5.67. The van der Waals surface area contributed by atoms with Crippen molar-refractivity contribution in [3.63, 3.8) is 0 Å². The third kappa shape index (κ3) is 2.21. The number of nitrogens with zero attached hydrogens (tertiary/aromatic N) is 2. The molecule has 5 nitrogen and oxygen atoms in total. The standard InChI is InChI=1S/C15H13BFN3O2/c16-8-1-2-11-10(5-8)13-14(22-11)15(21)19-12(18-13)7-20-4-3-9(17)6-20/h1-2,5,9H,3-4,6-7H2,(H,18,19,21)/t9-/m0/s1. The van der Waals surface area contributed by atoms with E-state index in [-0.39, 0.29) is 11.1 Å². The van der Waals surface area contributed by atoms with Gasteiger partial charge in [0.2, 0.25) is 5.58 Å². The minimum Gasteiger partial charge on any atom is -0.449 e. The van der Waals surface area contributed by atoms with E-state index in [4.69, 9.17) is 12.3 Å². The summed E-state index contributed by atoms with van der Waals surface area (Å²) >= 11 is 0. The number of likely N-dealkylation sites (tertiary alicyclic amines) is 1. The highest BCUT2D eigenvalue weighted by Crippen LogP contribution is 2.24. The first-order valence-electron chi connectivity index (χ1n) is 7.17. The van der Waals surface area contributed by atoms with Crippen LogP contribution in [-0.2, 0) is 6.54 Å². The average molecular weight is 297 g/mol. The van der Waals surface area contributed by atoms with Gasteiger partial charge in [-0.3, -0.25) is 9.69 Å². The van der Waals surface area contributed by atoms with Crippen molar-refractivity contribution in [1.82, 2.24) is 14.9 Å². The maximum absolute atomic E-state index is 13.2. The number of aromatic nitrogens is 2. The lowest BCUT2D eigenvalue weighted by Gasteiger charge is -2.13. The summed E-state index contributed by atoms with van der Waals surface area (Å²) < 4.78 is 18.8. The summed E-state index contributed by atoms with van der Waals surface area (Å²) in [6.07, 6.45) is -0.275. The van der Waals surface area contributed by atoms with Gasteiger partial charge < -0.3 is 9.40 Å². The molecule has 0 amide bonds. The predicted octanol–water partition coefficient (Wildman–Crippen LogP) is 1.01. The van der Waals surface area contributed by atoms with Gasteiger partial charge in [0, 0.05) is 18.5 Å². The molecule has 3 heterocycles. The Morgan fingerprint density at radius 2 is 2.36 bits per heavy atom. The van der Waals surface area contributed by atoms with E-state index in [1.165, 1.54) is 0 Å². The highest BCUT2D eigenvalue weighted by molar-refractivity contribution is 6.33. The van der Waals surface area contributed by atoms with Crippen LogP contribution in [0.2, 0.25) is 0 Å². The fraction of sp³-hybridized carbons (Fsp3) is 0.333. The van der Waals surface area contributed by atoms with Gasteiger partial charge in [-0.2, -0.15) is 0 Å². The first kappa shape index (κ1) is 13.5. The quantitative estimate of drug-likeness (QED) is 0.717. The zero-order valence-corrected chi connectivity index (χ0v) is 11.8. The molecule has 22 heavy (non-hydrogen) atoms. The zero-order chi connectivity index (χ0) is 15.3. The molecule has 0 unspecified atom stereocenters. The Morgan fingerprint density at radius 3 is 3.14 bits per heavy atom. The molecule has 1 aliphatic rings. The molecule has 1 saturated heterocycles. The summed E-state index contributed by atoms with van der Waals surface area (Å²) in [5.74, 6) is 0.511. The number of halogens is 1. The van der Waals surface area contributed by atoms with Gasteiger partial charge in [0.05, 0.1) is 6.54 Å². The number of alkyl halides is 1. The fourth-order valence-electron chi connectivity index (χ4n) is 2.93. The molecular weight excluding hydrogens is 284 g/mol. The van der Waals surface area contributed by atoms with Crippen LogP contribution in [0.1, 0.15) is 12.2 Å². The number of rotatable bonds is 2. The molecule has 4 rings (SSSR count). The van der Waals surface area contributed by atoms with Gasteiger partial charge in [-0.25, -0.2) is 9.37 Å². The van der Waals surface area contributed by atoms with Gasteiger partial charge in [0.15, 0.2) is 0 Å². The van der Waals surface area contributed by atoms with Crippen molar-refractivity contribution in [2.45, 2.75) is 19.1 Å². The van der Waals surface area contributed by atoms with E-state index in [0.717, 1.165) is 0 Å². The maximum Gasteiger partial charge on any atom is 0.294 e. The maximum atomic E-state index is 13.2. The Kier molecular flexibility index (Phi) is 3.04. The van der Waals surface area contributed by atoms with E-state index >= 15 is 0 Å². The van der Waals surface area contributed by atoms with Crippen molar-refractivity contribution in [1.29, 1.82) is 0 Å². The SMILES string of the molecule is [B]c1ccc2oc3c(=O)[nH]c(CN4CC[C@H](F)C4)nc3c2c1. The van der Waals surface area contributed by atoms with Crippen molar-refractivity contribution in [3.8, 4) is 0 Å². The smallest absolute Gasteiger partial charge is 0.294 e. The number of hydrogen-bond acceptors (Lipinski definition) is 4. The summed E-state index contributed by atoms with van der Waals surface area (Å²) in [6.45, 7) is 1.46. The van der Waals surface area contributed by atoms with Crippen LogP contribution < -0.4 is 11.0 Å². The second-order valence-corrected chi connectivity index (χ2v) is 5.67. The minimum atomic E-state index is -0.801. The molecule has 0 spiro atoms. The number of hydrogen-bond donors (Lipinski definition) is 1. The summed E-state index contributed by atoms with van der Waals surface area (Å²) in [7, 11) is 5.79. The van der Waals surface area contributed by atoms with Gasteiger partial charge in [0.25, 0.3) is 5.56 Å². The van der Waals surface area contributed by atoms with Gasteiger partial charge in [-0.15, -0.1) is 0 Å². The van der Waals surface area contributed by atoms with E-state index in [1.807, 2.05) is 4.90 Å². The lowest BCUT2D eigenvalue weighted by atomic mass is 9.95. The van der Waals surface area contributed by atoms with Crippen molar-refractivity contribution in [2.24, 2.45) is 0 Å². The number of aromatic amines is 1. The van der Waals surface area contributed by atoms with Crippen molar-refractivity contribution >= 4 is 35.4 Å². The van der Waals surface area contributed by atoms with E-state index in [1.54, 1.807) is 18.2 Å². The number of fused-ring (bicyclic) bond motifs is 3. The minimum absolute atomic E-state index is 0.189. The van der Waals surface area contributed by atoms with Crippen molar-refractivity contribution in [3.05, 3.63) is 34.4 Å². The fourth-order valence-corrected chi connectivity index (χ4v) is 2.93. The lowest BCUT2D eigenvalue weighted by Crippen LogP contribution is -2.23. The van der Waals surface area contributed by atoms with Crippen molar-refractivity contribution in [2.75, 3.05) is 13.1 Å². The highest BCUT2D eigenvalue weighted by atomic mass is 19.1. The van der Waals surface area contributed by atoms with E-state index in [2.05, 4.69) is 9.97 Å². The molecule has 7 heteroatoms. The number of H-pyrrole nitrogens is 1. The Balaban J connectivity index is 1.82. The van der Waals surface area contributed by atoms with Crippen LogP contribution in [0.25, 0.3) is 22.1 Å². The Morgan fingerprint density at radius 1 is 1.50 bits per heavy atom. The molecule has 110 valence electrons. The molecule has 0 saturated carbocycles. The molecule has 1 atom stereocenters. The van der Waals surface area contributed by atoms with Crippen LogP contribution in [0.3, 0.4) is 0 Å². The normalized spacial score (nSPS) is 19.4. The monoisotopic (exact) mass is 297 g/mol. The van der Waals surface area contributed by atoms with Crippen LogP contribution in [0.4, 0.5) is 4.39 Å². The number of benzene rings is 1. The van der Waals surface area contributed by atoms with Crippen molar-refractivity contribution < 1.29 is 8.81 Å². The molecule has 2 radical (unpaired) electrons. The molecule has 2 aromatic heterocycles. The summed E-state index contributed by atoms with van der Waals surface area (Å²) in [5.41, 5.74) is 1.51. The first-order chi connectivity index (χ1) is 10.6. The molecule has 1 aromatic carbocycles. The Labute approximate surface area is 126 Å². The Hall–Kier alpha value is -2.15. The highest BCUT2D eigenvalue weighted by Gasteiger charge is 2.23. The summed E-state index contributed by atoms with van der Waals surface area (Å²) in [4.78, 5) is 21.3. The first-order valence-corrected chi connectivity index (χ1v) is 7.17. The summed E-state index contributed by atoms with van der Waals surface area (Å²) in [5, 5.41) is 0.715. The lowest BCUT2D eigenvalue weighted by molar-refractivity contribution is 0.277. The number of furan rings is 1. The van der Waals surface area contributed by atoms with Gasteiger partial charge in [0.1, 0.15) is 30.9 Å². The third-order valence-corrected chi connectivity index (χ3v) is 3.98. The van der Waals surface area contributed by atoms with Crippen LogP contribution in [0.5, 0.6) is 0 Å². The molecule has 3 aromatic rings. The average Bonchev–Trinajstić information content (AvgIpc) is 3.03. The molecule has 1 aliphatic heterocycles. The van der Waals surface area contributed by atoms with E-state index in [9.17, 15) is 9.18 Å². The molecular formula is C15H13BFN3O2. The van der Waals surface area contributed by atoms with Crippen LogP contribution in [-0.4, -0.2) is 42.0 Å². The second kappa shape index (κ2) is 4.95. The van der Waals surface area contributed by atoms with Crippen LogP contribution >= 0.6 is 0 Å². The van der Waals surface area contributed by atoms with Gasteiger partial charge in [-0.05, 0) is 12.5 Å². The molecule has 1 N–H and O–H groups in total. The zero-order valence-electron chi connectivity index (χ0n) is 11.8. The van der Waals surface area contributed by atoms with Gasteiger partial charge in [-0.1, -0.05) is 17.6 Å². The predicted molar refractivity (Wildman–Crippen MR) is 82.3 cm³/mol. The summed E-state index contributed by atoms with van der Waals surface area (Å²) in [6, 6.07) is 5.18. The van der Waals surface area contributed by atoms with Crippen LogP contribution in [0.15, 0.2) is 27.4 Å². The molecule has 0 aliphatic carbocycles. The van der Waals surface area contributed by atoms with E-state index in [0.29, 0.717) is 53.8 Å².